The van der Waals surface area contributed by atoms with Gasteiger partial charge in [0.15, 0.2) is 0 Å². The summed E-state index contributed by atoms with van der Waals surface area (Å²) >= 11 is 7.83. The van der Waals surface area contributed by atoms with Crippen LogP contribution in [0, 0.1) is 5.92 Å². The number of amides is 1. The smallest absolute Gasteiger partial charge is 0.230 e. The number of nitrogens with one attached hydrogen (secondary N) is 1. The molecule has 2 aromatic rings. The number of nitrogens with zero attached hydrogens (tertiary/aromatic N) is 5. The number of aromatic nitrogens is 3. The summed E-state index contributed by atoms with van der Waals surface area (Å²) in [6, 6.07) is 5.49. The van der Waals surface area contributed by atoms with E-state index in [0.29, 0.717) is 17.4 Å². The Labute approximate surface area is 173 Å². The SMILES string of the molecule is O=C(Nc1ccc(Cl)cn1)C1CCCN(c2cc(N3CCSCC3)ncn2)C1. The second-order valence-electron chi connectivity index (χ2n) is 6.97. The average Bonchev–Trinajstić information content (AvgIpc) is 2.76. The lowest BCUT2D eigenvalue weighted by Gasteiger charge is -2.33. The van der Waals surface area contributed by atoms with Crippen molar-refractivity contribution in [2.45, 2.75) is 12.8 Å². The van der Waals surface area contributed by atoms with Crippen LogP contribution in [0.15, 0.2) is 30.7 Å². The van der Waals surface area contributed by atoms with Gasteiger partial charge in [-0.15, -0.1) is 0 Å². The van der Waals surface area contributed by atoms with Gasteiger partial charge in [0.1, 0.15) is 23.8 Å². The van der Waals surface area contributed by atoms with E-state index in [-0.39, 0.29) is 11.8 Å². The van der Waals surface area contributed by atoms with E-state index in [1.165, 1.54) is 6.20 Å². The summed E-state index contributed by atoms with van der Waals surface area (Å²) in [6.07, 6.45) is 4.97. The van der Waals surface area contributed by atoms with Crippen LogP contribution in [0.1, 0.15) is 12.8 Å². The first-order chi connectivity index (χ1) is 13.7. The fourth-order valence-corrected chi connectivity index (χ4v) is 4.57. The highest BCUT2D eigenvalue weighted by atomic mass is 35.5. The van der Waals surface area contributed by atoms with Gasteiger partial charge in [0, 0.05) is 49.9 Å². The van der Waals surface area contributed by atoms with Crippen molar-refractivity contribution in [3.05, 3.63) is 35.7 Å². The lowest BCUT2D eigenvalue weighted by Crippen LogP contribution is -2.41. The number of anilines is 3. The Bertz CT molecular complexity index is 814. The van der Waals surface area contributed by atoms with Crippen LogP contribution in [0.5, 0.6) is 0 Å². The molecular weight excluding hydrogens is 396 g/mol. The summed E-state index contributed by atoms with van der Waals surface area (Å²) < 4.78 is 0. The van der Waals surface area contributed by atoms with Gasteiger partial charge in [-0.05, 0) is 25.0 Å². The molecule has 2 aliphatic heterocycles. The van der Waals surface area contributed by atoms with Gasteiger partial charge < -0.3 is 15.1 Å². The molecule has 2 aliphatic rings. The number of piperidine rings is 1. The Morgan fingerprint density at radius 1 is 1.11 bits per heavy atom. The van der Waals surface area contributed by atoms with Crippen molar-refractivity contribution >= 4 is 46.7 Å². The fraction of sp³-hybridized carbons (Fsp3) is 0.474. The third-order valence-corrected chi connectivity index (χ3v) is 6.23. The molecule has 0 aliphatic carbocycles. The van der Waals surface area contributed by atoms with E-state index in [0.717, 1.165) is 55.6 Å². The minimum atomic E-state index is -0.101. The summed E-state index contributed by atoms with van der Waals surface area (Å²) in [4.78, 5) is 30.3. The Morgan fingerprint density at radius 3 is 2.64 bits per heavy atom. The maximum atomic E-state index is 12.7. The molecule has 2 saturated heterocycles. The van der Waals surface area contributed by atoms with Crippen molar-refractivity contribution in [3.63, 3.8) is 0 Å². The van der Waals surface area contributed by atoms with Crippen molar-refractivity contribution in [2.75, 3.05) is 52.8 Å². The van der Waals surface area contributed by atoms with Gasteiger partial charge in [0.05, 0.1) is 10.9 Å². The maximum Gasteiger partial charge on any atom is 0.230 e. The zero-order valence-electron chi connectivity index (χ0n) is 15.6. The Morgan fingerprint density at radius 2 is 1.89 bits per heavy atom. The van der Waals surface area contributed by atoms with Crippen molar-refractivity contribution < 1.29 is 4.79 Å². The third kappa shape index (κ3) is 4.67. The molecule has 4 rings (SSSR count). The van der Waals surface area contributed by atoms with Crippen molar-refractivity contribution in [1.29, 1.82) is 0 Å². The highest BCUT2D eigenvalue weighted by molar-refractivity contribution is 7.99. The summed E-state index contributed by atoms with van der Waals surface area (Å²) in [7, 11) is 0. The normalized spacial score (nSPS) is 20.1. The molecule has 0 radical (unpaired) electrons. The van der Waals surface area contributed by atoms with E-state index in [4.69, 9.17) is 11.6 Å². The van der Waals surface area contributed by atoms with Gasteiger partial charge in [-0.25, -0.2) is 15.0 Å². The van der Waals surface area contributed by atoms with Crippen LogP contribution in [0.25, 0.3) is 0 Å². The van der Waals surface area contributed by atoms with Crippen molar-refractivity contribution in [3.8, 4) is 0 Å². The first-order valence-electron chi connectivity index (χ1n) is 9.51. The first-order valence-corrected chi connectivity index (χ1v) is 11.0. The van der Waals surface area contributed by atoms with Gasteiger partial charge in [-0.3, -0.25) is 4.79 Å². The molecule has 2 aromatic heterocycles. The van der Waals surface area contributed by atoms with Gasteiger partial charge in [0.25, 0.3) is 0 Å². The molecule has 1 unspecified atom stereocenters. The summed E-state index contributed by atoms with van der Waals surface area (Å²) in [6.45, 7) is 3.57. The molecule has 1 amide bonds. The zero-order valence-corrected chi connectivity index (χ0v) is 17.1. The number of rotatable bonds is 4. The standard InChI is InChI=1S/C19H23ClN6OS/c20-15-3-4-16(21-11-15)24-19(27)14-2-1-5-26(12-14)18-10-17(22-13-23-18)25-6-8-28-9-7-25/h3-4,10-11,13-14H,1-2,5-9,12H2,(H,21,24,27). The van der Waals surface area contributed by atoms with Gasteiger partial charge in [0.2, 0.25) is 5.91 Å². The van der Waals surface area contributed by atoms with E-state index < -0.39 is 0 Å². The number of carbonyl (C=O) groups is 1. The van der Waals surface area contributed by atoms with Crippen LogP contribution < -0.4 is 15.1 Å². The number of halogens is 1. The molecule has 0 saturated carbocycles. The second-order valence-corrected chi connectivity index (χ2v) is 8.63. The minimum Gasteiger partial charge on any atom is -0.356 e. The first kappa shape index (κ1) is 19.3. The van der Waals surface area contributed by atoms with E-state index in [1.54, 1.807) is 18.5 Å². The summed E-state index contributed by atoms with van der Waals surface area (Å²) in [5.74, 6) is 4.54. The predicted octanol–water partition coefficient (Wildman–Crippen LogP) is 2.93. The van der Waals surface area contributed by atoms with Gasteiger partial charge >= 0.3 is 0 Å². The number of hydrogen-bond acceptors (Lipinski definition) is 7. The van der Waals surface area contributed by atoms with E-state index in [2.05, 4.69) is 36.1 Å². The number of pyridine rings is 1. The van der Waals surface area contributed by atoms with Gasteiger partial charge in [-0.1, -0.05) is 11.6 Å². The molecular formula is C19H23ClN6OS. The molecule has 0 aromatic carbocycles. The van der Waals surface area contributed by atoms with Crippen LogP contribution in [0.3, 0.4) is 0 Å². The van der Waals surface area contributed by atoms with Crippen LogP contribution in [0.4, 0.5) is 17.5 Å². The molecule has 28 heavy (non-hydrogen) atoms. The molecule has 148 valence electrons. The zero-order chi connectivity index (χ0) is 19.3. The van der Waals surface area contributed by atoms with E-state index in [1.807, 2.05) is 11.8 Å². The van der Waals surface area contributed by atoms with Crippen LogP contribution in [-0.4, -0.2) is 58.5 Å². The minimum absolute atomic E-state index is 0.0122. The molecule has 0 spiro atoms. The second kappa shape index (κ2) is 8.96. The molecule has 1 atom stereocenters. The third-order valence-electron chi connectivity index (χ3n) is 5.07. The van der Waals surface area contributed by atoms with E-state index in [9.17, 15) is 4.79 Å². The maximum absolute atomic E-state index is 12.7. The molecule has 2 fully saturated rings. The molecule has 4 heterocycles. The van der Waals surface area contributed by atoms with Crippen LogP contribution in [0.2, 0.25) is 5.02 Å². The fourth-order valence-electron chi connectivity index (χ4n) is 3.55. The van der Waals surface area contributed by atoms with Gasteiger partial charge in [-0.2, -0.15) is 11.8 Å². The Balaban J connectivity index is 1.41. The van der Waals surface area contributed by atoms with Crippen LogP contribution in [-0.2, 0) is 4.79 Å². The topological polar surface area (TPSA) is 74.2 Å². The monoisotopic (exact) mass is 418 g/mol. The predicted molar refractivity (Wildman–Crippen MR) is 114 cm³/mol. The highest BCUT2D eigenvalue weighted by Gasteiger charge is 2.27. The number of hydrogen-bond donors (Lipinski definition) is 1. The highest BCUT2D eigenvalue weighted by Crippen LogP contribution is 2.26. The Hall–Kier alpha value is -2.06. The largest absolute Gasteiger partial charge is 0.356 e. The quantitative estimate of drug-likeness (QED) is 0.818. The molecule has 9 heteroatoms. The molecule has 7 nitrogen and oxygen atoms in total. The Kier molecular flexibility index (Phi) is 6.17. The van der Waals surface area contributed by atoms with Crippen LogP contribution >= 0.6 is 23.4 Å². The number of carbonyl (C=O) groups excluding carboxylic acids is 1. The summed E-state index contributed by atoms with van der Waals surface area (Å²) in [5.41, 5.74) is 0. The lowest BCUT2D eigenvalue weighted by molar-refractivity contribution is -0.120. The van der Waals surface area contributed by atoms with Crippen molar-refractivity contribution in [1.82, 2.24) is 15.0 Å². The molecule has 0 bridgehead atoms. The number of thioether (sulfide) groups is 1. The molecule has 1 N–H and O–H groups in total. The summed E-state index contributed by atoms with van der Waals surface area (Å²) in [5, 5.41) is 3.45. The average molecular weight is 419 g/mol. The van der Waals surface area contributed by atoms with Crippen molar-refractivity contribution in [2.24, 2.45) is 5.92 Å². The van der Waals surface area contributed by atoms with E-state index >= 15 is 0 Å². The lowest BCUT2D eigenvalue weighted by atomic mass is 9.97.